The van der Waals surface area contributed by atoms with Crippen molar-refractivity contribution in [2.45, 2.75) is 18.9 Å². The molecular formula is C18H18N5O2PS. The predicted molar refractivity (Wildman–Crippen MR) is 111 cm³/mol. The smallest absolute Gasteiger partial charge is 0.242 e. The van der Waals surface area contributed by atoms with Crippen LogP contribution < -0.4 is 19.5 Å². The lowest BCUT2D eigenvalue weighted by molar-refractivity contribution is 0.402. The molecule has 0 spiro atoms. The summed E-state index contributed by atoms with van der Waals surface area (Å²) in [5, 5.41) is 12.5. The van der Waals surface area contributed by atoms with Crippen molar-refractivity contribution >= 4 is 33.4 Å². The Morgan fingerprint density at radius 3 is 2.59 bits per heavy atom. The molecule has 27 heavy (non-hydrogen) atoms. The van der Waals surface area contributed by atoms with Crippen LogP contribution in [0.15, 0.2) is 36.7 Å². The monoisotopic (exact) mass is 399 g/mol. The third-order valence-electron chi connectivity index (χ3n) is 4.23. The molecule has 3 aromatic rings. The van der Waals surface area contributed by atoms with Crippen molar-refractivity contribution in [3.63, 3.8) is 0 Å². The number of thiol groups is 1. The standard InChI is InChI=1S/C18H18N5O2PS/c1-24-17-16(26)7-11(8-19-17)10-2-5-13(15(6-10)25-27)14-9-20-18(23-22-14)21-12-3-4-12/h2,5-9,12,27H,3-4,26H2,1H3,(H,20,21,23). The topological polar surface area (TPSA) is 82.1 Å². The van der Waals surface area contributed by atoms with E-state index in [1.165, 1.54) is 0 Å². The van der Waals surface area contributed by atoms with E-state index in [9.17, 15) is 0 Å². The number of methoxy groups -OCH3 is 1. The molecule has 1 aromatic carbocycles. The molecule has 1 atom stereocenters. The zero-order chi connectivity index (χ0) is 18.8. The van der Waals surface area contributed by atoms with Crippen LogP contribution in [0.4, 0.5) is 5.95 Å². The molecule has 9 heteroatoms. The van der Waals surface area contributed by atoms with E-state index in [4.69, 9.17) is 8.92 Å². The lowest BCUT2D eigenvalue weighted by Crippen LogP contribution is -2.06. The number of hydrogen-bond donors (Lipinski definition) is 2. The Bertz CT molecular complexity index is 966. The summed E-state index contributed by atoms with van der Waals surface area (Å²) in [6, 6.07) is 8.22. The van der Waals surface area contributed by atoms with Crippen molar-refractivity contribution in [1.82, 2.24) is 20.2 Å². The molecular weight excluding hydrogens is 381 g/mol. The first-order valence-corrected chi connectivity index (χ1v) is 9.34. The van der Waals surface area contributed by atoms with Gasteiger partial charge in [-0.15, -0.1) is 10.2 Å². The summed E-state index contributed by atoms with van der Waals surface area (Å²) in [5.41, 5.74) is 3.26. The Hall–Kier alpha value is -2.44. The number of rotatable bonds is 6. The van der Waals surface area contributed by atoms with Crippen LogP contribution in [0.3, 0.4) is 0 Å². The molecule has 1 saturated carbocycles. The normalized spacial score (nSPS) is 13.3. The van der Waals surface area contributed by atoms with E-state index in [1.54, 1.807) is 19.5 Å². The molecule has 7 nitrogen and oxygen atoms in total. The first-order chi connectivity index (χ1) is 13.2. The minimum absolute atomic E-state index is 0.480. The highest BCUT2D eigenvalue weighted by Crippen LogP contribution is 2.34. The molecule has 2 aromatic heterocycles. The number of nitrogens with zero attached hydrogens (tertiary/aromatic N) is 4. The lowest BCUT2D eigenvalue weighted by Gasteiger charge is -2.11. The highest BCUT2D eigenvalue weighted by molar-refractivity contribution is 7.75. The van der Waals surface area contributed by atoms with Gasteiger partial charge in [0.1, 0.15) is 11.4 Å². The minimum atomic E-state index is 0.480. The molecule has 4 rings (SSSR count). The molecule has 0 bridgehead atoms. The second-order valence-corrected chi connectivity index (χ2v) is 7.01. The summed E-state index contributed by atoms with van der Waals surface area (Å²) in [7, 11) is 4.22. The van der Waals surface area contributed by atoms with E-state index < -0.39 is 0 Å². The second-order valence-electron chi connectivity index (χ2n) is 6.21. The zero-order valence-electron chi connectivity index (χ0n) is 14.6. The Morgan fingerprint density at radius 2 is 1.96 bits per heavy atom. The highest BCUT2D eigenvalue weighted by Gasteiger charge is 2.22. The number of pyridine rings is 1. The average Bonchev–Trinajstić information content (AvgIpc) is 3.52. The molecule has 1 fully saturated rings. The van der Waals surface area contributed by atoms with E-state index in [0.717, 1.165) is 34.8 Å². The number of benzene rings is 1. The van der Waals surface area contributed by atoms with Gasteiger partial charge in [-0.1, -0.05) is 15.3 Å². The Balaban J connectivity index is 1.63. The van der Waals surface area contributed by atoms with Crippen LogP contribution in [0, 0.1) is 0 Å². The molecule has 2 heterocycles. The number of ether oxygens (including phenoxy) is 1. The lowest BCUT2D eigenvalue weighted by atomic mass is 10.0. The van der Waals surface area contributed by atoms with Crippen LogP contribution in [0.1, 0.15) is 12.8 Å². The Kier molecular flexibility index (Phi) is 5.09. The highest BCUT2D eigenvalue weighted by atomic mass is 32.1. The quantitative estimate of drug-likeness (QED) is 0.375. The van der Waals surface area contributed by atoms with Crippen molar-refractivity contribution < 1.29 is 8.92 Å². The van der Waals surface area contributed by atoms with Gasteiger partial charge in [0.2, 0.25) is 11.8 Å². The Morgan fingerprint density at radius 1 is 1.11 bits per heavy atom. The van der Waals surface area contributed by atoms with E-state index in [0.29, 0.717) is 29.3 Å². The number of aromatic nitrogens is 4. The number of anilines is 1. The van der Waals surface area contributed by atoms with Gasteiger partial charge in [0.05, 0.1) is 13.3 Å². The Labute approximate surface area is 164 Å². The summed E-state index contributed by atoms with van der Waals surface area (Å²) in [5.74, 6) is 1.69. The fourth-order valence-electron chi connectivity index (χ4n) is 2.66. The van der Waals surface area contributed by atoms with Crippen molar-refractivity contribution in [2.24, 2.45) is 0 Å². The van der Waals surface area contributed by atoms with Crippen LogP contribution in [0.5, 0.6) is 11.6 Å². The summed E-state index contributed by atoms with van der Waals surface area (Å²) in [6.07, 6.45) is 5.74. The van der Waals surface area contributed by atoms with E-state index in [-0.39, 0.29) is 0 Å². The summed E-state index contributed by atoms with van der Waals surface area (Å²) in [4.78, 5) is 8.64. The third kappa shape index (κ3) is 3.96. The molecule has 0 saturated heterocycles. The first-order valence-electron chi connectivity index (χ1n) is 8.40. The maximum absolute atomic E-state index is 5.27. The van der Waals surface area contributed by atoms with Gasteiger partial charge in [-0.2, -0.15) is 0 Å². The van der Waals surface area contributed by atoms with Crippen molar-refractivity contribution in [1.29, 1.82) is 0 Å². The van der Waals surface area contributed by atoms with Crippen LogP contribution in [0.2, 0.25) is 0 Å². The van der Waals surface area contributed by atoms with E-state index in [2.05, 4.69) is 47.6 Å². The summed E-state index contributed by atoms with van der Waals surface area (Å²) < 4.78 is 10.5. The van der Waals surface area contributed by atoms with Gasteiger partial charge in [-0.25, -0.2) is 9.97 Å². The number of hydrogen-bond acceptors (Lipinski definition) is 8. The zero-order valence-corrected chi connectivity index (χ0v) is 16.6. The van der Waals surface area contributed by atoms with Gasteiger partial charge in [-0.05, 0) is 36.6 Å². The van der Waals surface area contributed by atoms with Gasteiger partial charge in [0, 0.05) is 41.6 Å². The molecule has 0 amide bonds. The summed E-state index contributed by atoms with van der Waals surface area (Å²) >= 11 is 3.99. The minimum Gasteiger partial charge on any atom is -0.481 e. The molecule has 0 aliphatic heterocycles. The fraction of sp³-hybridized carbons (Fsp3) is 0.222. The molecule has 1 aliphatic rings. The summed E-state index contributed by atoms with van der Waals surface area (Å²) in [6.45, 7) is 0. The van der Waals surface area contributed by atoms with Crippen LogP contribution in [-0.2, 0) is 0 Å². The second kappa shape index (κ2) is 7.66. The molecule has 138 valence electrons. The van der Waals surface area contributed by atoms with Gasteiger partial charge >= 0.3 is 0 Å². The largest absolute Gasteiger partial charge is 0.481 e. The molecule has 1 aliphatic carbocycles. The first kappa shape index (κ1) is 17.9. The predicted octanol–water partition coefficient (Wildman–Crippen LogP) is 2.91. The van der Waals surface area contributed by atoms with E-state index >= 15 is 0 Å². The molecule has 1 unspecified atom stereocenters. The van der Waals surface area contributed by atoms with Crippen molar-refractivity contribution in [2.75, 3.05) is 12.4 Å². The number of nitrogens with one attached hydrogen (secondary N) is 1. The maximum Gasteiger partial charge on any atom is 0.242 e. The maximum atomic E-state index is 5.27. The van der Waals surface area contributed by atoms with Gasteiger partial charge in [0.15, 0.2) is 0 Å². The molecule has 0 radical (unpaired) electrons. The van der Waals surface area contributed by atoms with Gasteiger partial charge < -0.3 is 14.2 Å². The SMILES string of the molecule is COc1ncc(-c2ccc(-c3cnc(NC4CC4)nn3)c(OS)c2)cc1P. The van der Waals surface area contributed by atoms with Crippen molar-refractivity contribution in [3.05, 3.63) is 36.7 Å². The third-order valence-corrected chi connectivity index (χ3v) is 4.84. The van der Waals surface area contributed by atoms with E-state index in [1.807, 2.05) is 24.3 Å². The van der Waals surface area contributed by atoms with Crippen LogP contribution in [0.25, 0.3) is 22.4 Å². The van der Waals surface area contributed by atoms with Gasteiger partial charge in [-0.3, -0.25) is 0 Å². The van der Waals surface area contributed by atoms with Crippen molar-refractivity contribution in [3.8, 4) is 34.0 Å². The van der Waals surface area contributed by atoms with Gasteiger partial charge in [0.25, 0.3) is 0 Å². The average molecular weight is 399 g/mol. The van der Waals surface area contributed by atoms with Crippen LogP contribution in [-0.4, -0.2) is 33.3 Å². The molecule has 1 N–H and O–H groups in total. The fourth-order valence-corrected chi connectivity index (χ4v) is 3.18. The van der Waals surface area contributed by atoms with Crippen LogP contribution >= 0.6 is 22.1 Å².